The topological polar surface area (TPSA) is 92.2 Å². The molecule has 1 saturated heterocycles. The molecule has 0 radical (unpaired) electrons. The molecule has 3 aliphatic rings. The number of carbonyl (C=O) groups excluding carboxylic acids is 1. The zero-order valence-corrected chi connectivity index (χ0v) is 14.9. The van der Waals surface area contributed by atoms with Crippen LogP contribution < -0.4 is 5.73 Å². The predicted octanol–water partition coefficient (Wildman–Crippen LogP) is 1.75. The van der Waals surface area contributed by atoms with E-state index in [1.165, 1.54) is 5.12 Å². The van der Waals surface area contributed by atoms with Gasteiger partial charge in [0.1, 0.15) is 5.82 Å². The summed E-state index contributed by atoms with van der Waals surface area (Å²) in [7, 11) is 0. The average molecular weight is 363 g/mol. The van der Waals surface area contributed by atoms with Crippen LogP contribution in [0.2, 0.25) is 0 Å². The number of nitrogens with zero attached hydrogens (tertiary/aromatic N) is 6. The highest BCUT2D eigenvalue weighted by Crippen LogP contribution is 2.28. The molecule has 8 heteroatoms. The van der Waals surface area contributed by atoms with Gasteiger partial charge >= 0.3 is 6.03 Å². The molecule has 0 unspecified atom stereocenters. The molecule has 2 amide bonds. The van der Waals surface area contributed by atoms with E-state index in [0.29, 0.717) is 18.7 Å². The Bertz CT molecular complexity index is 869. The smallest absolute Gasteiger partial charge is 0.355 e. The highest BCUT2D eigenvalue weighted by Gasteiger charge is 2.36. The molecule has 138 valence electrons. The summed E-state index contributed by atoms with van der Waals surface area (Å²) in [5, 5.41) is 16.5. The molecule has 1 atom stereocenters. The van der Waals surface area contributed by atoms with Gasteiger partial charge < -0.3 is 10.6 Å². The second kappa shape index (κ2) is 7.13. The Kier molecular flexibility index (Phi) is 4.52. The van der Waals surface area contributed by atoms with Crippen LogP contribution >= 0.6 is 0 Å². The van der Waals surface area contributed by atoms with E-state index >= 15 is 0 Å². The van der Waals surface area contributed by atoms with E-state index in [1.807, 2.05) is 24.4 Å². The van der Waals surface area contributed by atoms with Crippen LogP contribution in [0.3, 0.4) is 0 Å². The first-order chi connectivity index (χ1) is 13.2. The number of benzene rings is 1. The molecule has 1 aromatic rings. The molecule has 0 aromatic heterocycles. The van der Waals surface area contributed by atoms with Gasteiger partial charge in [0, 0.05) is 25.3 Å². The normalized spacial score (nSPS) is 21.9. The van der Waals surface area contributed by atoms with Gasteiger partial charge in [-0.05, 0) is 30.5 Å². The van der Waals surface area contributed by atoms with Gasteiger partial charge in [0.05, 0.1) is 30.6 Å². The number of likely N-dealkylation sites (tertiary alicyclic amines) is 1. The minimum absolute atomic E-state index is 0.0796. The third-order valence-corrected chi connectivity index (χ3v) is 4.89. The minimum atomic E-state index is -0.264. The third kappa shape index (κ3) is 3.25. The first-order valence-corrected chi connectivity index (χ1v) is 8.98. The van der Waals surface area contributed by atoms with E-state index in [4.69, 9.17) is 5.73 Å². The van der Waals surface area contributed by atoms with E-state index in [9.17, 15) is 10.1 Å². The van der Waals surface area contributed by atoms with Crippen LogP contribution in [0, 0.1) is 11.3 Å². The molecule has 4 rings (SSSR count). The lowest BCUT2D eigenvalue weighted by Crippen LogP contribution is -2.55. The lowest BCUT2D eigenvalue weighted by Gasteiger charge is -2.44. The molecule has 1 fully saturated rings. The van der Waals surface area contributed by atoms with Crippen molar-refractivity contribution in [2.75, 3.05) is 13.1 Å². The summed E-state index contributed by atoms with van der Waals surface area (Å²) in [4.78, 5) is 17.0. The van der Waals surface area contributed by atoms with E-state index in [1.54, 1.807) is 34.5 Å². The Morgan fingerprint density at radius 3 is 3.00 bits per heavy atom. The lowest BCUT2D eigenvalue weighted by molar-refractivity contribution is 0.0403. The molecular formula is C19H21N7O. The number of amides is 2. The van der Waals surface area contributed by atoms with Gasteiger partial charge in [-0.2, -0.15) is 10.4 Å². The van der Waals surface area contributed by atoms with Crippen molar-refractivity contribution >= 4 is 12.2 Å². The van der Waals surface area contributed by atoms with Gasteiger partial charge in [0.2, 0.25) is 0 Å². The monoisotopic (exact) mass is 363 g/mol. The van der Waals surface area contributed by atoms with E-state index < -0.39 is 0 Å². The summed E-state index contributed by atoms with van der Waals surface area (Å²) in [6.07, 6.45) is 8.99. The van der Waals surface area contributed by atoms with Gasteiger partial charge in [-0.15, -0.1) is 5.12 Å². The van der Waals surface area contributed by atoms with Crippen LogP contribution in [-0.2, 0) is 6.54 Å². The van der Waals surface area contributed by atoms with Gasteiger partial charge in [-0.25, -0.2) is 9.80 Å². The molecule has 3 heterocycles. The van der Waals surface area contributed by atoms with Crippen molar-refractivity contribution in [2.45, 2.75) is 25.4 Å². The standard InChI is InChI=1S/C19H21N7O/c20-11-15-5-1-2-6-16(15)12-25-18(23-9-3-7-17(21)13-23)14-24-10-4-8-22-26(24)19(25)27/h1-2,4-6,8,10,14,17H,3,7,9,12-13,21H2/t17-/m1/s1. The number of allylic oxidation sites excluding steroid dienone is 1. The van der Waals surface area contributed by atoms with Crippen LogP contribution in [0.1, 0.15) is 24.0 Å². The molecule has 0 saturated carbocycles. The minimum Gasteiger partial charge on any atom is -0.355 e. The number of fused-ring (bicyclic) bond motifs is 1. The van der Waals surface area contributed by atoms with Crippen molar-refractivity contribution < 1.29 is 4.79 Å². The van der Waals surface area contributed by atoms with Crippen molar-refractivity contribution in [3.05, 3.63) is 59.7 Å². The molecule has 27 heavy (non-hydrogen) atoms. The quantitative estimate of drug-likeness (QED) is 0.883. The number of hydrogen-bond acceptors (Lipinski definition) is 6. The second-order valence-electron chi connectivity index (χ2n) is 6.75. The summed E-state index contributed by atoms with van der Waals surface area (Å²) >= 11 is 0. The van der Waals surface area contributed by atoms with Crippen molar-refractivity contribution in [1.29, 1.82) is 5.26 Å². The second-order valence-corrected chi connectivity index (χ2v) is 6.75. The van der Waals surface area contributed by atoms with Crippen LogP contribution in [0.4, 0.5) is 4.79 Å². The largest absolute Gasteiger partial charge is 0.366 e. The molecular weight excluding hydrogens is 342 g/mol. The summed E-state index contributed by atoms with van der Waals surface area (Å²) in [6, 6.07) is 9.35. The number of piperidine rings is 1. The van der Waals surface area contributed by atoms with E-state index in [0.717, 1.165) is 30.8 Å². The maximum absolute atomic E-state index is 13.2. The zero-order chi connectivity index (χ0) is 18.8. The summed E-state index contributed by atoms with van der Waals surface area (Å²) in [5.41, 5.74) is 7.52. The summed E-state index contributed by atoms with van der Waals surface area (Å²) < 4.78 is 0. The Morgan fingerprint density at radius 1 is 1.33 bits per heavy atom. The summed E-state index contributed by atoms with van der Waals surface area (Å²) in [6.45, 7) is 1.82. The van der Waals surface area contributed by atoms with E-state index in [2.05, 4.69) is 16.1 Å². The number of rotatable bonds is 3. The van der Waals surface area contributed by atoms with Crippen molar-refractivity contribution in [3.8, 4) is 6.07 Å². The van der Waals surface area contributed by atoms with Crippen molar-refractivity contribution in [3.63, 3.8) is 0 Å². The fraction of sp³-hybridized carbons (Fsp3) is 0.316. The van der Waals surface area contributed by atoms with Gasteiger partial charge in [0.25, 0.3) is 0 Å². The van der Waals surface area contributed by atoms with Crippen molar-refractivity contribution in [2.24, 2.45) is 10.8 Å². The van der Waals surface area contributed by atoms with Crippen LogP contribution in [0.5, 0.6) is 0 Å². The molecule has 2 N–H and O–H groups in total. The SMILES string of the molecule is N#Cc1ccccc1CN1C(=O)N2N=CC=CN2C=C1N1CCC[C@@H](N)C1. The number of nitriles is 1. The number of hydrazone groups is 1. The highest BCUT2D eigenvalue weighted by atomic mass is 16.2. The fourth-order valence-corrected chi connectivity index (χ4v) is 3.55. The fourth-order valence-electron chi connectivity index (χ4n) is 3.55. The predicted molar refractivity (Wildman–Crippen MR) is 100 cm³/mol. The van der Waals surface area contributed by atoms with E-state index in [-0.39, 0.29) is 12.1 Å². The highest BCUT2D eigenvalue weighted by molar-refractivity contribution is 5.80. The molecule has 0 bridgehead atoms. The number of carbonyl (C=O) groups is 1. The number of urea groups is 1. The van der Waals surface area contributed by atoms with Crippen LogP contribution in [-0.4, -0.2) is 51.3 Å². The Labute approximate surface area is 158 Å². The molecule has 0 spiro atoms. The van der Waals surface area contributed by atoms with Gasteiger partial charge in [-0.1, -0.05) is 18.2 Å². The zero-order valence-electron chi connectivity index (χ0n) is 14.9. The maximum Gasteiger partial charge on any atom is 0.366 e. The number of hydrazine groups is 1. The van der Waals surface area contributed by atoms with Gasteiger partial charge in [-0.3, -0.25) is 4.90 Å². The Hall–Kier alpha value is -3.31. The Balaban J connectivity index is 1.71. The first kappa shape index (κ1) is 17.1. The van der Waals surface area contributed by atoms with Crippen LogP contribution in [0.25, 0.3) is 0 Å². The number of hydrogen-bond donors (Lipinski definition) is 1. The Morgan fingerprint density at radius 2 is 2.19 bits per heavy atom. The molecule has 8 nitrogen and oxygen atoms in total. The number of nitrogens with two attached hydrogens (primary N) is 1. The molecule has 0 aliphatic carbocycles. The average Bonchev–Trinajstić information content (AvgIpc) is 2.70. The lowest BCUT2D eigenvalue weighted by atomic mass is 10.1. The molecule has 1 aromatic carbocycles. The van der Waals surface area contributed by atoms with Crippen LogP contribution in [0.15, 0.2) is 53.7 Å². The summed E-state index contributed by atoms with van der Waals surface area (Å²) in [5.74, 6) is 0.779. The first-order valence-electron chi connectivity index (χ1n) is 8.98. The van der Waals surface area contributed by atoms with Crippen molar-refractivity contribution in [1.82, 2.24) is 19.9 Å². The van der Waals surface area contributed by atoms with Gasteiger partial charge in [0.15, 0.2) is 0 Å². The third-order valence-electron chi connectivity index (χ3n) is 4.89. The molecule has 3 aliphatic heterocycles. The maximum atomic E-state index is 13.2.